The van der Waals surface area contributed by atoms with E-state index in [-0.39, 0.29) is 23.6 Å². The van der Waals surface area contributed by atoms with Crippen LogP contribution in [0.15, 0.2) is 48.5 Å². The highest BCUT2D eigenvalue weighted by Crippen LogP contribution is 2.31. The summed E-state index contributed by atoms with van der Waals surface area (Å²) >= 11 is 0. The lowest BCUT2D eigenvalue weighted by molar-refractivity contribution is -0.0685. The Hall–Kier alpha value is -2.24. The van der Waals surface area contributed by atoms with Crippen molar-refractivity contribution >= 4 is 5.91 Å². The van der Waals surface area contributed by atoms with Gasteiger partial charge in [-0.15, -0.1) is 0 Å². The van der Waals surface area contributed by atoms with E-state index in [9.17, 15) is 9.18 Å². The number of ether oxygens (including phenoxy) is 1. The van der Waals surface area contributed by atoms with Gasteiger partial charge in [0.15, 0.2) is 0 Å². The number of nitrogens with zero attached hydrogens (tertiary/aromatic N) is 2. The number of carbonyl (C=O) groups is 1. The van der Waals surface area contributed by atoms with Crippen LogP contribution in [0.4, 0.5) is 4.39 Å². The van der Waals surface area contributed by atoms with Gasteiger partial charge in [-0.1, -0.05) is 36.4 Å². The Balaban J connectivity index is 1.98. The number of rotatable bonds is 4. The minimum atomic E-state index is -0.475. The van der Waals surface area contributed by atoms with Crippen molar-refractivity contribution in [2.75, 3.05) is 33.8 Å². The van der Waals surface area contributed by atoms with Gasteiger partial charge in [0.1, 0.15) is 5.82 Å². The minimum absolute atomic E-state index is 0.113. The molecule has 1 saturated heterocycles. The molecule has 0 unspecified atom stereocenters. The van der Waals surface area contributed by atoms with Crippen LogP contribution in [0.1, 0.15) is 27.5 Å². The van der Waals surface area contributed by atoms with Gasteiger partial charge in [-0.25, -0.2) is 4.39 Å². The molecule has 0 bridgehead atoms. The summed E-state index contributed by atoms with van der Waals surface area (Å²) in [5, 5.41) is 0. The van der Waals surface area contributed by atoms with Crippen molar-refractivity contribution in [3.63, 3.8) is 0 Å². The third-order valence-corrected chi connectivity index (χ3v) is 4.65. The average molecular weight is 356 g/mol. The molecule has 2 aromatic carbocycles. The molecule has 0 aromatic heterocycles. The number of amides is 1. The molecule has 2 aromatic rings. The quantitative estimate of drug-likeness (QED) is 0.843. The highest BCUT2D eigenvalue weighted by atomic mass is 19.1. The van der Waals surface area contributed by atoms with Crippen LogP contribution in [0.3, 0.4) is 0 Å². The Bertz CT molecular complexity index is 764. The lowest BCUT2D eigenvalue weighted by atomic mass is 9.96. The molecule has 1 aliphatic rings. The Morgan fingerprint density at radius 2 is 1.96 bits per heavy atom. The summed E-state index contributed by atoms with van der Waals surface area (Å²) in [5.41, 5.74) is 1.91. The summed E-state index contributed by atoms with van der Waals surface area (Å²) in [5.74, 6) is -0.763. The zero-order valence-electron chi connectivity index (χ0n) is 15.5. The normalized spacial score (nSPS) is 20.4. The Kier molecular flexibility index (Phi) is 5.69. The van der Waals surface area contributed by atoms with E-state index in [4.69, 9.17) is 4.74 Å². The van der Waals surface area contributed by atoms with Gasteiger partial charge in [0.2, 0.25) is 0 Å². The highest BCUT2D eigenvalue weighted by Gasteiger charge is 2.37. The highest BCUT2D eigenvalue weighted by molar-refractivity contribution is 5.95. The van der Waals surface area contributed by atoms with Crippen molar-refractivity contribution in [2.24, 2.45) is 0 Å². The number of benzene rings is 2. The predicted octanol–water partition coefficient (Wildman–Crippen LogP) is 3.28. The monoisotopic (exact) mass is 356 g/mol. The number of halogens is 1. The van der Waals surface area contributed by atoms with E-state index in [1.807, 2.05) is 56.3 Å². The van der Waals surface area contributed by atoms with Crippen LogP contribution in [0.25, 0.3) is 0 Å². The number of hydrogen-bond donors (Lipinski definition) is 0. The second kappa shape index (κ2) is 7.98. The third kappa shape index (κ3) is 3.94. The molecule has 0 spiro atoms. The first-order chi connectivity index (χ1) is 12.5. The molecule has 1 fully saturated rings. The van der Waals surface area contributed by atoms with Crippen LogP contribution in [-0.4, -0.2) is 55.6 Å². The van der Waals surface area contributed by atoms with Crippen molar-refractivity contribution < 1.29 is 13.9 Å². The Morgan fingerprint density at radius 1 is 1.23 bits per heavy atom. The van der Waals surface area contributed by atoms with Crippen LogP contribution >= 0.6 is 0 Å². The predicted molar refractivity (Wildman–Crippen MR) is 99.7 cm³/mol. The summed E-state index contributed by atoms with van der Waals surface area (Å²) in [6.07, 6.45) is -0.168. The van der Waals surface area contributed by atoms with E-state index in [0.717, 1.165) is 11.1 Å². The van der Waals surface area contributed by atoms with Crippen LogP contribution in [0.2, 0.25) is 0 Å². The van der Waals surface area contributed by atoms with E-state index < -0.39 is 5.82 Å². The molecule has 5 heteroatoms. The molecular formula is C21H25FN2O2. The van der Waals surface area contributed by atoms with Crippen molar-refractivity contribution in [1.82, 2.24) is 9.80 Å². The molecule has 1 heterocycles. The second-order valence-corrected chi connectivity index (χ2v) is 7.01. The summed E-state index contributed by atoms with van der Waals surface area (Å²) in [4.78, 5) is 17.0. The first-order valence-corrected chi connectivity index (χ1v) is 8.86. The van der Waals surface area contributed by atoms with Gasteiger partial charge in [-0.05, 0) is 44.3 Å². The van der Waals surface area contributed by atoms with E-state index >= 15 is 0 Å². The van der Waals surface area contributed by atoms with Crippen LogP contribution < -0.4 is 0 Å². The van der Waals surface area contributed by atoms with E-state index in [0.29, 0.717) is 19.7 Å². The molecule has 0 aliphatic carbocycles. The molecule has 138 valence electrons. The number of likely N-dealkylation sites (N-methyl/N-ethyl adjacent to an activating group) is 1. The molecule has 0 saturated carbocycles. The molecule has 2 atom stereocenters. The van der Waals surface area contributed by atoms with Crippen LogP contribution in [0, 0.1) is 12.7 Å². The molecule has 4 nitrogen and oxygen atoms in total. The molecule has 0 N–H and O–H groups in total. The standard InChI is InChI=1S/C21H25FN2O2/c1-15-9-10-17(18(22)13-15)21(25)24-11-12-26-19(14-23(2)3)20(24)16-7-5-4-6-8-16/h4-10,13,19-20H,11-12,14H2,1-3H3/t19-,20-/m0/s1. The van der Waals surface area contributed by atoms with Gasteiger partial charge < -0.3 is 14.5 Å². The fraction of sp³-hybridized carbons (Fsp3) is 0.381. The topological polar surface area (TPSA) is 32.8 Å². The molecule has 26 heavy (non-hydrogen) atoms. The zero-order valence-corrected chi connectivity index (χ0v) is 15.5. The minimum Gasteiger partial charge on any atom is -0.373 e. The van der Waals surface area contributed by atoms with E-state index in [2.05, 4.69) is 0 Å². The van der Waals surface area contributed by atoms with Crippen molar-refractivity contribution in [1.29, 1.82) is 0 Å². The molecule has 1 aliphatic heterocycles. The van der Waals surface area contributed by atoms with Crippen molar-refractivity contribution in [3.8, 4) is 0 Å². The van der Waals surface area contributed by atoms with Gasteiger partial charge in [0.05, 0.1) is 24.3 Å². The van der Waals surface area contributed by atoms with Gasteiger partial charge in [-0.2, -0.15) is 0 Å². The lowest BCUT2D eigenvalue weighted by Gasteiger charge is -2.42. The summed E-state index contributed by atoms with van der Waals surface area (Å²) < 4.78 is 20.4. The number of hydrogen-bond acceptors (Lipinski definition) is 3. The van der Waals surface area contributed by atoms with Crippen molar-refractivity contribution in [3.05, 3.63) is 71.0 Å². The molecule has 3 rings (SSSR count). The Morgan fingerprint density at radius 3 is 2.62 bits per heavy atom. The average Bonchev–Trinajstić information content (AvgIpc) is 2.61. The smallest absolute Gasteiger partial charge is 0.257 e. The first kappa shape index (κ1) is 18.5. The van der Waals surface area contributed by atoms with Gasteiger partial charge in [0, 0.05) is 13.1 Å². The van der Waals surface area contributed by atoms with Crippen LogP contribution in [-0.2, 0) is 4.74 Å². The molecule has 0 radical (unpaired) electrons. The fourth-order valence-corrected chi connectivity index (χ4v) is 3.47. The summed E-state index contributed by atoms with van der Waals surface area (Å²) in [6.45, 7) is 3.38. The van der Waals surface area contributed by atoms with Gasteiger partial charge in [-0.3, -0.25) is 4.79 Å². The maximum Gasteiger partial charge on any atom is 0.257 e. The first-order valence-electron chi connectivity index (χ1n) is 8.86. The van der Waals surface area contributed by atoms with Crippen LogP contribution in [0.5, 0.6) is 0 Å². The lowest BCUT2D eigenvalue weighted by Crippen LogP contribution is -2.51. The maximum atomic E-state index is 14.4. The maximum absolute atomic E-state index is 14.4. The summed E-state index contributed by atoms with van der Waals surface area (Å²) in [7, 11) is 3.96. The largest absolute Gasteiger partial charge is 0.373 e. The Labute approximate surface area is 154 Å². The van der Waals surface area contributed by atoms with E-state index in [1.165, 1.54) is 6.07 Å². The third-order valence-electron chi connectivity index (χ3n) is 4.65. The summed E-state index contributed by atoms with van der Waals surface area (Å²) in [6, 6.07) is 14.3. The number of morpholine rings is 1. The fourth-order valence-electron chi connectivity index (χ4n) is 3.47. The second-order valence-electron chi connectivity index (χ2n) is 7.01. The van der Waals surface area contributed by atoms with Crippen molar-refractivity contribution in [2.45, 2.75) is 19.1 Å². The SMILES string of the molecule is Cc1ccc(C(=O)N2CCO[C@@H](CN(C)C)[C@@H]2c2ccccc2)c(F)c1. The molecular weight excluding hydrogens is 331 g/mol. The van der Waals surface area contributed by atoms with E-state index in [1.54, 1.807) is 17.0 Å². The van der Waals surface area contributed by atoms with Gasteiger partial charge in [0.25, 0.3) is 5.91 Å². The number of aryl methyl sites for hydroxylation is 1. The molecule has 1 amide bonds. The number of carbonyl (C=O) groups excluding carboxylic acids is 1. The zero-order chi connectivity index (χ0) is 18.7. The van der Waals surface area contributed by atoms with Gasteiger partial charge >= 0.3 is 0 Å².